The van der Waals surface area contributed by atoms with Gasteiger partial charge in [-0.1, -0.05) is 19.9 Å². The summed E-state index contributed by atoms with van der Waals surface area (Å²) in [5.74, 6) is 1.36. The number of nitrogens with zero attached hydrogens (tertiary/aromatic N) is 5. The largest absolute Gasteiger partial charge is 0.496 e. The van der Waals surface area contributed by atoms with Crippen molar-refractivity contribution in [3.63, 3.8) is 0 Å². The lowest BCUT2D eigenvalue weighted by Crippen LogP contribution is -2.32. The summed E-state index contributed by atoms with van der Waals surface area (Å²) in [6.45, 7) is 6.71. The van der Waals surface area contributed by atoms with Gasteiger partial charge in [-0.25, -0.2) is 9.98 Å². The highest BCUT2D eigenvalue weighted by Crippen LogP contribution is 2.41. The van der Waals surface area contributed by atoms with Crippen LogP contribution in [0.15, 0.2) is 23.2 Å². The first kappa shape index (κ1) is 21.7. The number of fused-ring (bicyclic) bond motifs is 1. The first-order valence-electron chi connectivity index (χ1n) is 9.85. The summed E-state index contributed by atoms with van der Waals surface area (Å²) in [4.78, 5) is 11.2. The highest BCUT2D eigenvalue weighted by atomic mass is 16.5. The average molecular weight is 419 g/mol. The first-order chi connectivity index (χ1) is 15.0. The van der Waals surface area contributed by atoms with Crippen LogP contribution in [0.25, 0.3) is 0 Å². The molecule has 1 unspecified atom stereocenters. The van der Waals surface area contributed by atoms with Crippen LogP contribution in [0, 0.1) is 22.8 Å². The van der Waals surface area contributed by atoms with Gasteiger partial charge in [-0.05, 0) is 30.8 Å². The number of ether oxygens (including phenoxy) is 1. The zero-order valence-electron chi connectivity index (χ0n) is 17.7. The van der Waals surface area contributed by atoms with E-state index in [0.717, 1.165) is 30.0 Å². The molecule has 6 N–H and O–H groups in total. The lowest BCUT2D eigenvalue weighted by Gasteiger charge is -2.27. The average Bonchev–Trinajstić information content (AvgIpc) is 2.77. The van der Waals surface area contributed by atoms with Gasteiger partial charge in [0.15, 0.2) is 6.19 Å². The van der Waals surface area contributed by atoms with Crippen LogP contribution in [0.1, 0.15) is 42.1 Å². The number of nitrogens with one attached hydrogen (secondary N) is 2. The molecule has 0 radical (unpaired) electrons. The standard InChI is InChI=1S/C21H25N9O/c1-4-30(5-2)10-13-8-12(6-7-15(13)31-3)18-16-17(24)14(9-22)19(25)28-20(16)29-21(27-18)26-11-23/h6-8,18H,4-5,10H2,1-3H3,(H6,24,25,26,27,28,29). The molecule has 0 saturated carbocycles. The summed E-state index contributed by atoms with van der Waals surface area (Å²) in [6, 6.07) is 7.20. The molecule has 10 heteroatoms. The Morgan fingerprint density at radius 1 is 1.26 bits per heavy atom. The van der Waals surface area contributed by atoms with Crippen LogP contribution in [-0.2, 0) is 6.54 Å². The minimum atomic E-state index is -0.589. The number of nitrogen functional groups attached to an aromatic ring is 2. The maximum atomic E-state index is 9.48. The minimum Gasteiger partial charge on any atom is -0.496 e. The van der Waals surface area contributed by atoms with E-state index in [2.05, 4.69) is 39.4 Å². The van der Waals surface area contributed by atoms with E-state index in [1.165, 1.54) is 0 Å². The number of aliphatic imine (C=N–C) groups is 1. The van der Waals surface area contributed by atoms with Gasteiger partial charge in [0.25, 0.3) is 0 Å². The molecule has 0 bridgehead atoms. The maximum Gasteiger partial charge on any atom is 0.211 e. The van der Waals surface area contributed by atoms with Gasteiger partial charge in [0, 0.05) is 17.7 Å². The molecule has 1 aliphatic heterocycles. The first-order valence-corrected chi connectivity index (χ1v) is 9.85. The van der Waals surface area contributed by atoms with E-state index in [4.69, 9.17) is 21.5 Å². The van der Waals surface area contributed by atoms with Crippen LogP contribution in [0.3, 0.4) is 0 Å². The molecule has 0 spiro atoms. The number of anilines is 3. The Bertz CT molecular complexity index is 1090. The van der Waals surface area contributed by atoms with Gasteiger partial charge in [-0.2, -0.15) is 10.5 Å². The van der Waals surface area contributed by atoms with Crippen LogP contribution < -0.4 is 26.8 Å². The third kappa shape index (κ3) is 4.15. The Morgan fingerprint density at radius 2 is 2.00 bits per heavy atom. The smallest absolute Gasteiger partial charge is 0.211 e. The second kappa shape index (κ2) is 9.20. The maximum absolute atomic E-state index is 9.48. The number of aromatic nitrogens is 1. The Labute approximate surface area is 181 Å². The van der Waals surface area contributed by atoms with Crippen LogP contribution in [0.5, 0.6) is 5.75 Å². The van der Waals surface area contributed by atoms with Gasteiger partial charge >= 0.3 is 0 Å². The topological polar surface area (TPSA) is 161 Å². The number of benzene rings is 1. The van der Waals surface area contributed by atoms with Gasteiger partial charge in [-0.3, -0.25) is 10.2 Å². The van der Waals surface area contributed by atoms with Crippen LogP contribution in [-0.4, -0.2) is 36.0 Å². The van der Waals surface area contributed by atoms with Gasteiger partial charge in [0.2, 0.25) is 5.96 Å². The lowest BCUT2D eigenvalue weighted by atomic mass is 9.93. The zero-order chi connectivity index (χ0) is 22.5. The fourth-order valence-corrected chi connectivity index (χ4v) is 3.60. The number of hydrogen-bond donors (Lipinski definition) is 4. The lowest BCUT2D eigenvalue weighted by molar-refractivity contribution is 0.289. The number of hydrogen-bond acceptors (Lipinski definition) is 10. The minimum absolute atomic E-state index is 0.0140. The molecule has 160 valence electrons. The fraction of sp³-hybridized carbons (Fsp3) is 0.333. The Hall–Kier alpha value is -4.02. The quantitative estimate of drug-likeness (QED) is 0.405. The summed E-state index contributed by atoms with van der Waals surface area (Å²) in [5.41, 5.74) is 14.9. The summed E-state index contributed by atoms with van der Waals surface area (Å²) < 4.78 is 5.56. The SMILES string of the molecule is CCN(CC)Cc1cc(C2N=C(NC#N)Nc3nc(N)c(C#N)c(N)c32)ccc1OC. The monoisotopic (exact) mass is 419 g/mol. The van der Waals surface area contributed by atoms with Crippen LogP contribution >= 0.6 is 0 Å². The summed E-state index contributed by atoms with van der Waals surface area (Å²) >= 11 is 0. The summed E-state index contributed by atoms with van der Waals surface area (Å²) in [6.07, 6.45) is 1.85. The molecule has 2 heterocycles. The van der Waals surface area contributed by atoms with E-state index >= 15 is 0 Å². The Balaban J connectivity index is 2.17. The zero-order valence-corrected chi connectivity index (χ0v) is 17.7. The molecule has 10 nitrogen and oxygen atoms in total. The van der Waals surface area contributed by atoms with Crippen molar-refractivity contribution in [2.24, 2.45) is 4.99 Å². The van der Waals surface area contributed by atoms with Gasteiger partial charge in [-0.15, -0.1) is 0 Å². The molecule has 0 amide bonds. The third-order valence-electron chi connectivity index (χ3n) is 5.27. The molecule has 0 saturated heterocycles. The highest BCUT2D eigenvalue weighted by Gasteiger charge is 2.30. The molecule has 0 aliphatic carbocycles. The van der Waals surface area contributed by atoms with Crippen molar-refractivity contribution < 1.29 is 4.74 Å². The van der Waals surface area contributed by atoms with Gasteiger partial charge < -0.3 is 21.5 Å². The van der Waals surface area contributed by atoms with E-state index in [1.54, 1.807) is 7.11 Å². The number of pyridine rings is 1. The Morgan fingerprint density at radius 3 is 2.61 bits per heavy atom. The van der Waals surface area contributed by atoms with Crippen molar-refractivity contribution in [1.82, 2.24) is 15.2 Å². The second-order valence-corrected chi connectivity index (χ2v) is 6.93. The number of rotatable bonds is 6. The van der Waals surface area contributed by atoms with Crippen LogP contribution in [0.4, 0.5) is 17.3 Å². The molecular formula is C21H25N9O. The van der Waals surface area contributed by atoms with Crippen molar-refractivity contribution in [3.8, 4) is 18.0 Å². The molecule has 1 atom stereocenters. The molecule has 1 aromatic heterocycles. The van der Waals surface area contributed by atoms with E-state index in [0.29, 0.717) is 17.9 Å². The normalized spacial score (nSPS) is 14.6. The van der Waals surface area contributed by atoms with Crippen LogP contribution in [0.2, 0.25) is 0 Å². The van der Waals surface area contributed by atoms with Gasteiger partial charge in [0.1, 0.15) is 35.1 Å². The summed E-state index contributed by atoms with van der Waals surface area (Å²) in [7, 11) is 1.64. The van der Waals surface area contributed by atoms with Crippen molar-refractivity contribution in [2.75, 3.05) is 37.0 Å². The Kier molecular flexibility index (Phi) is 6.43. The van der Waals surface area contributed by atoms with Crippen molar-refractivity contribution >= 4 is 23.3 Å². The highest BCUT2D eigenvalue weighted by molar-refractivity contribution is 5.98. The molecule has 1 aromatic carbocycles. The summed E-state index contributed by atoms with van der Waals surface area (Å²) in [5, 5.41) is 24.0. The van der Waals surface area contributed by atoms with Crippen molar-refractivity contribution in [2.45, 2.75) is 26.4 Å². The van der Waals surface area contributed by atoms with Crippen molar-refractivity contribution in [1.29, 1.82) is 10.5 Å². The molecule has 3 rings (SSSR count). The van der Waals surface area contributed by atoms with E-state index in [1.807, 2.05) is 30.5 Å². The van der Waals surface area contributed by atoms with E-state index in [9.17, 15) is 5.26 Å². The molecule has 0 fully saturated rings. The fourth-order valence-electron chi connectivity index (χ4n) is 3.60. The second-order valence-electron chi connectivity index (χ2n) is 6.93. The predicted molar refractivity (Wildman–Crippen MR) is 119 cm³/mol. The van der Waals surface area contributed by atoms with Gasteiger partial charge in [0.05, 0.1) is 12.8 Å². The van der Waals surface area contributed by atoms with E-state index in [-0.39, 0.29) is 23.0 Å². The molecular weight excluding hydrogens is 394 g/mol. The van der Waals surface area contributed by atoms with E-state index < -0.39 is 6.04 Å². The number of guanidine groups is 1. The number of nitriles is 2. The molecule has 1 aliphatic rings. The number of nitrogens with two attached hydrogens (primary N) is 2. The molecule has 2 aromatic rings. The predicted octanol–water partition coefficient (Wildman–Crippen LogP) is 1.91. The third-order valence-corrected chi connectivity index (χ3v) is 5.27. The molecule has 31 heavy (non-hydrogen) atoms. The van der Waals surface area contributed by atoms with Crippen molar-refractivity contribution in [3.05, 3.63) is 40.5 Å². The number of methoxy groups -OCH3 is 1.